The first-order chi connectivity index (χ1) is 19.2. The van der Waals surface area contributed by atoms with Crippen molar-refractivity contribution in [2.75, 3.05) is 0 Å². The van der Waals surface area contributed by atoms with Crippen molar-refractivity contribution in [3.05, 3.63) is 0 Å². The summed E-state index contributed by atoms with van der Waals surface area (Å²) in [6.07, 6.45) is 32.3. The molecule has 0 spiro atoms. The zero-order chi connectivity index (χ0) is 29.8. The van der Waals surface area contributed by atoms with Crippen LogP contribution in [-0.2, 0) is 22.8 Å². The molecule has 0 aromatic rings. The lowest BCUT2D eigenvalue weighted by Crippen LogP contribution is -2.35. The molecule has 0 rings (SSSR count). The summed E-state index contributed by atoms with van der Waals surface area (Å²) < 4.78 is 33.8. The minimum Gasteiger partial charge on any atom is -0.339 e. The fraction of sp³-hybridized carbons (Fsp3) is 1.00. The van der Waals surface area contributed by atoms with Crippen LogP contribution in [0.3, 0.4) is 0 Å². The Morgan fingerprint density at radius 1 is 0.400 bits per heavy atom. The summed E-state index contributed by atoms with van der Waals surface area (Å²) in [5, 5.41) is 0. The van der Waals surface area contributed by atoms with Gasteiger partial charge >= 0.3 is 9.17 Å². The minimum absolute atomic E-state index is 1.01. The second-order valence-corrected chi connectivity index (χ2v) is 22.6. The standard InChI is InChI=1S/C32H70O5Si3/c1-7-9-11-13-15-17-19-21-23-25-27-29-31-39(3,4)36-34-38(33)35-37-40(5,6)32-30-28-26-24-22-20-18-16-14-12-10-8-2/h7-32H2,1-6H3. The molecule has 0 aromatic carbocycles. The molecular weight excluding hydrogens is 549 g/mol. The van der Waals surface area contributed by atoms with Gasteiger partial charge in [-0.3, -0.25) is 13.6 Å². The lowest BCUT2D eigenvalue weighted by atomic mass is 10.1. The maximum atomic E-state index is 12.2. The maximum absolute atomic E-state index is 12.2. The number of hydrogen-bond donors (Lipinski definition) is 0. The van der Waals surface area contributed by atoms with Crippen LogP contribution in [0.1, 0.15) is 168 Å². The molecule has 0 amide bonds. The van der Waals surface area contributed by atoms with E-state index >= 15 is 0 Å². The van der Waals surface area contributed by atoms with Crippen molar-refractivity contribution in [2.45, 2.75) is 206 Å². The lowest BCUT2D eigenvalue weighted by Gasteiger charge is -2.22. The summed E-state index contributed by atoms with van der Waals surface area (Å²) in [4.78, 5) is 0. The van der Waals surface area contributed by atoms with Crippen LogP contribution >= 0.6 is 0 Å². The van der Waals surface area contributed by atoms with Gasteiger partial charge in [0.05, 0.1) is 0 Å². The molecule has 5 nitrogen and oxygen atoms in total. The summed E-state index contributed by atoms with van der Waals surface area (Å²) in [6.45, 7) is 13.0. The second-order valence-electron chi connectivity index (χ2n) is 13.4. The second kappa shape index (κ2) is 27.8. The zero-order valence-electron chi connectivity index (χ0n) is 27.9. The molecule has 0 aliphatic carbocycles. The Morgan fingerprint density at radius 2 is 0.625 bits per heavy atom. The van der Waals surface area contributed by atoms with Crippen LogP contribution in [-0.4, -0.2) is 25.8 Å². The molecule has 0 unspecified atom stereocenters. The summed E-state index contributed by atoms with van der Waals surface area (Å²) >= 11 is 0. The Kier molecular flexibility index (Phi) is 27.8. The third-order valence-electron chi connectivity index (χ3n) is 7.94. The van der Waals surface area contributed by atoms with Crippen molar-refractivity contribution >= 4 is 25.8 Å². The summed E-state index contributed by atoms with van der Waals surface area (Å²) in [5.41, 5.74) is 0. The molecule has 0 aliphatic heterocycles. The summed E-state index contributed by atoms with van der Waals surface area (Å²) in [7, 11) is -6.81. The van der Waals surface area contributed by atoms with E-state index in [0.717, 1.165) is 24.9 Å². The van der Waals surface area contributed by atoms with E-state index in [1.54, 1.807) is 0 Å². The van der Waals surface area contributed by atoms with Crippen LogP contribution in [0.4, 0.5) is 0 Å². The fourth-order valence-corrected chi connectivity index (χ4v) is 9.92. The molecule has 0 N–H and O–H groups in total. The first-order valence-corrected chi connectivity index (χ1v) is 24.9. The first-order valence-electron chi connectivity index (χ1n) is 17.5. The van der Waals surface area contributed by atoms with Crippen molar-refractivity contribution in [3.63, 3.8) is 0 Å². The molecule has 0 radical (unpaired) electrons. The van der Waals surface area contributed by atoms with Crippen molar-refractivity contribution in [1.82, 2.24) is 0 Å². The predicted octanol–water partition coefficient (Wildman–Crippen LogP) is 12.1. The molecule has 0 aliphatic rings. The van der Waals surface area contributed by atoms with E-state index in [1.807, 2.05) is 0 Å². The quantitative estimate of drug-likeness (QED) is 0.0325. The van der Waals surface area contributed by atoms with Gasteiger partial charge in [-0.2, -0.15) is 0 Å². The molecular formula is C32H70O5Si3. The third-order valence-corrected chi connectivity index (χ3v) is 12.9. The fourth-order valence-electron chi connectivity index (χ4n) is 5.17. The number of rotatable bonds is 32. The normalized spacial score (nSPS) is 12.2. The number of unbranched alkanes of at least 4 members (excludes halogenated alkanes) is 22. The van der Waals surface area contributed by atoms with Gasteiger partial charge in [-0.15, -0.1) is 0 Å². The highest BCUT2D eigenvalue weighted by Gasteiger charge is 2.31. The van der Waals surface area contributed by atoms with Gasteiger partial charge in [-0.05, 0) is 38.3 Å². The Balaban J connectivity index is 3.67. The van der Waals surface area contributed by atoms with Gasteiger partial charge in [-0.1, -0.05) is 168 Å². The van der Waals surface area contributed by atoms with E-state index in [1.165, 1.54) is 141 Å². The predicted molar refractivity (Wildman–Crippen MR) is 178 cm³/mol. The van der Waals surface area contributed by atoms with Gasteiger partial charge in [0.1, 0.15) is 0 Å². The lowest BCUT2D eigenvalue weighted by molar-refractivity contribution is -0.206. The van der Waals surface area contributed by atoms with E-state index in [0.29, 0.717) is 0 Å². The van der Waals surface area contributed by atoms with E-state index < -0.39 is 25.8 Å². The Hall–Kier alpha value is -0.0294. The molecule has 0 saturated carbocycles. The molecule has 0 aromatic heterocycles. The van der Waals surface area contributed by atoms with Crippen molar-refractivity contribution in [2.24, 2.45) is 0 Å². The largest absolute Gasteiger partial charge is 0.833 e. The zero-order valence-corrected chi connectivity index (χ0v) is 30.9. The van der Waals surface area contributed by atoms with Crippen molar-refractivity contribution in [1.29, 1.82) is 0 Å². The number of hydrogen-bond acceptors (Lipinski definition) is 5. The molecule has 0 saturated heterocycles. The topological polar surface area (TPSA) is 54.0 Å². The van der Waals surface area contributed by atoms with Gasteiger partial charge in [0.25, 0.3) is 0 Å². The average molecular weight is 619 g/mol. The van der Waals surface area contributed by atoms with Crippen LogP contribution in [0.25, 0.3) is 0 Å². The molecule has 8 heteroatoms. The van der Waals surface area contributed by atoms with E-state index in [4.69, 9.17) is 18.3 Å². The van der Waals surface area contributed by atoms with E-state index in [-0.39, 0.29) is 0 Å². The molecule has 0 bridgehead atoms. The summed E-state index contributed by atoms with van der Waals surface area (Å²) in [5.74, 6) is 0. The van der Waals surface area contributed by atoms with Gasteiger partial charge in [0.2, 0.25) is 16.6 Å². The molecule has 0 fully saturated rings. The van der Waals surface area contributed by atoms with Crippen LogP contribution in [0.2, 0.25) is 38.3 Å². The van der Waals surface area contributed by atoms with E-state index in [9.17, 15) is 4.46 Å². The first kappa shape index (κ1) is 40.0. The minimum atomic E-state index is -2.79. The highest BCUT2D eigenvalue weighted by Crippen LogP contribution is 2.20. The molecule has 0 heterocycles. The maximum Gasteiger partial charge on any atom is 0.833 e. The molecule has 0 atom stereocenters. The van der Waals surface area contributed by atoms with Gasteiger partial charge in [-0.25, -0.2) is 0 Å². The van der Waals surface area contributed by atoms with Gasteiger partial charge in [0, 0.05) is 0 Å². The van der Waals surface area contributed by atoms with E-state index in [2.05, 4.69) is 40.0 Å². The van der Waals surface area contributed by atoms with Crippen LogP contribution < -0.4 is 0 Å². The monoisotopic (exact) mass is 618 g/mol. The highest BCUT2D eigenvalue weighted by atomic mass is 28.4. The van der Waals surface area contributed by atoms with Crippen molar-refractivity contribution < 1.29 is 22.8 Å². The Labute approximate surface area is 254 Å². The van der Waals surface area contributed by atoms with Crippen molar-refractivity contribution in [3.8, 4) is 0 Å². The van der Waals surface area contributed by atoms with Crippen LogP contribution in [0.5, 0.6) is 0 Å². The Morgan fingerprint density at radius 3 is 0.875 bits per heavy atom. The third kappa shape index (κ3) is 29.5. The average Bonchev–Trinajstić information content (AvgIpc) is 2.92. The summed E-state index contributed by atoms with van der Waals surface area (Å²) in [6, 6.07) is 2.03. The SMILES string of the molecule is CCCCCCCCCCCCCC[Si](C)(C)OO[Si](=O)OO[Si](C)(C)CCCCCCCCCCCCCC. The smallest absolute Gasteiger partial charge is 0.339 e. The van der Waals surface area contributed by atoms with Crippen LogP contribution in [0, 0.1) is 0 Å². The van der Waals surface area contributed by atoms with Gasteiger partial charge < -0.3 is 9.15 Å². The highest BCUT2D eigenvalue weighted by molar-refractivity contribution is 6.71. The Bertz CT molecular complexity index is 515. The molecule has 40 heavy (non-hydrogen) atoms. The molecule has 240 valence electrons. The van der Waals surface area contributed by atoms with Gasteiger partial charge in [0.15, 0.2) is 0 Å². The van der Waals surface area contributed by atoms with Crippen LogP contribution in [0.15, 0.2) is 0 Å².